The molecule has 3 aliphatic rings. The molecule has 2 heterocycles. The molecule has 2 aliphatic heterocycles. The van der Waals surface area contributed by atoms with E-state index in [1.807, 2.05) is 4.90 Å². The fourth-order valence-corrected chi connectivity index (χ4v) is 4.33. The summed E-state index contributed by atoms with van der Waals surface area (Å²) in [5.41, 5.74) is -0.738. The molecule has 122 valence electrons. The van der Waals surface area contributed by atoms with Crippen molar-refractivity contribution < 1.29 is 9.53 Å². The Morgan fingerprint density at radius 1 is 1.18 bits per heavy atom. The van der Waals surface area contributed by atoms with E-state index in [4.69, 9.17) is 4.74 Å². The van der Waals surface area contributed by atoms with Crippen LogP contribution in [0, 0.1) is 22.7 Å². The number of ether oxygens (including phenoxy) is 1. The van der Waals surface area contributed by atoms with Gasteiger partial charge in [-0.2, -0.15) is 5.26 Å². The normalized spacial score (nSPS) is 32.6. The summed E-state index contributed by atoms with van der Waals surface area (Å²) in [7, 11) is 0. The number of hydrogen-bond donors (Lipinski definition) is 0. The van der Waals surface area contributed by atoms with Crippen LogP contribution < -0.4 is 0 Å². The number of carbonyl (C=O) groups excluding carboxylic acids is 1. The largest absolute Gasteiger partial charge is 0.379 e. The summed E-state index contributed by atoms with van der Waals surface area (Å²) in [5, 5.41) is 9.63. The van der Waals surface area contributed by atoms with Gasteiger partial charge in [-0.1, -0.05) is 26.2 Å². The first-order valence-corrected chi connectivity index (χ1v) is 8.69. The smallest absolute Gasteiger partial charge is 0.243 e. The van der Waals surface area contributed by atoms with Crippen molar-refractivity contribution in [2.75, 3.05) is 39.4 Å². The van der Waals surface area contributed by atoms with Gasteiger partial charge in [0.05, 0.1) is 19.3 Å². The lowest BCUT2D eigenvalue weighted by molar-refractivity contribution is -0.139. The van der Waals surface area contributed by atoms with Gasteiger partial charge in [0.15, 0.2) is 0 Å². The maximum absolute atomic E-state index is 13.0. The zero-order chi connectivity index (χ0) is 15.6. The maximum Gasteiger partial charge on any atom is 0.243 e. The molecule has 0 N–H and O–H groups in total. The second-order valence-corrected chi connectivity index (χ2v) is 7.16. The van der Waals surface area contributed by atoms with Crippen LogP contribution in [0.5, 0.6) is 0 Å². The molecule has 3 fully saturated rings. The fraction of sp³-hybridized carbons (Fsp3) is 0.882. The Balaban J connectivity index is 1.67. The molecule has 0 bridgehead atoms. The van der Waals surface area contributed by atoms with Crippen LogP contribution in [0.3, 0.4) is 0 Å². The van der Waals surface area contributed by atoms with Gasteiger partial charge in [-0.15, -0.1) is 0 Å². The van der Waals surface area contributed by atoms with Crippen molar-refractivity contribution in [3.05, 3.63) is 0 Å². The third-order valence-corrected chi connectivity index (χ3v) is 5.71. The van der Waals surface area contributed by atoms with E-state index in [1.54, 1.807) is 0 Å². The van der Waals surface area contributed by atoms with E-state index in [2.05, 4.69) is 17.9 Å². The Bertz CT molecular complexity index is 447. The Kier molecular flexibility index (Phi) is 4.70. The van der Waals surface area contributed by atoms with Crippen LogP contribution in [0.1, 0.15) is 39.0 Å². The summed E-state index contributed by atoms with van der Waals surface area (Å²) in [6.45, 7) is 7.31. The first-order chi connectivity index (χ1) is 10.7. The van der Waals surface area contributed by atoms with Crippen molar-refractivity contribution in [1.29, 1.82) is 5.26 Å². The fourth-order valence-electron chi connectivity index (χ4n) is 4.33. The highest BCUT2D eigenvalue weighted by Crippen LogP contribution is 2.39. The zero-order valence-corrected chi connectivity index (χ0v) is 13.6. The topological polar surface area (TPSA) is 56.6 Å². The van der Waals surface area contributed by atoms with Crippen molar-refractivity contribution in [2.24, 2.45) is 11.3 Å². The SMILES string of the molecule is C[C@@H]1CN(C(=O)C2(C#N)CCCCC2)C[C@@H]1N1CCOCC1. The number of nitrogens with zero attached hydrogens (tertiary/aromatic N) is 3. The predicted octanol–water partition coefficient (Wildman–Crippen LogP) is 1.64. The summed E-state index contributed by atoms with van der Waals surface area (Å²) in [5.74, 6) is 0.568. The van der Waals surface area contributed by atoms with E-state index in [0.29, 0.717) is 12.0 Å². The molecule has 0 radical (unpaired) electrons. The van der Waals surface area contributed by atoms with Crippen molar-refractivity contribution in [2.45, 2.75) is 45.1 Å². The predicted molar refractivity (Wildman–Crippen MR) is 83.1 cm³/mol. The lowest BCUT2D eigenvalue weighted by atomic mass is 9.74. The Labute approximate surface area is 133 Å². The Hall–Kier alpha value is -1.12. The van der Waals surface area contributed by atoms with Gasteiger partial charge in [-0.3, -0.25) is 9.69 Å². The number of carbonyl (C=O) groups is 1. The number of likely N-dealkylation sites (tertiary alicyclic amines) is 1. The van der Waals surface area contributed by atoms with Crippen LogP contribution in [-0.2, 0) is 9.53 Å². The quantitative estimate of drug-likeness (QED) is 0.778. The molecule has 0 spiro atoms. The van der Waals surface area contributed by atoms with Crippen LogP contribution in [-0.4, -0.2) is 61.1 Å². The molecule has 0 aromatic rings. The van der Waals surface area contributed by atoms with E-state index in [0.717, 1.165) is 71.5 Å². The lowest BCUT2D eigenvalue weighted by Crippen LogP contribution is -2.48. The minimum atomic E-state index is -0.738. The monoisotopic (exact) mass is 305 g/mol. The molecule has 22 heavy (non-hydrogen) atoms. The van der Waals surface area contributed by atoms with Gasteiger partial charge in [0.1, 0.15) is 5.41 Å². The van der Waals surface area contributed by atoms with Crippen LogP contribution in [0.15, 0.2) is 0 Å². The van der Waals surface area contributed by atoms with Gasteiger partial charge in [0.2, 0.25) is 5.91 Å². The highest BCUT2D eigenvalue weighted by Gasteiger charge is 2.46. The third-order valence-electron chi connectivity index (χ3n) is 5.71. The van der Waals surface area contributed by atoms with Crippen LogP contribution >= 0.6 is 0 Å². The molecule has 1 aliphatic carbocycles. The molecule has 3 rings (SSSR count). The molecule has 2 atom stereocenters. The van der Waals surface area contributed by atoms with E-state index >= 15 is 0 Å². The minimum Gasteiger partial charge on any atom is -0.379 e. The first-order valence-electron chi connectivity index (χ1n) is 8.69. The molecular weight excluding hydrogens is 278 g/mol. The molecule has 0 unspecified atom stereocenters. The number of rotatable bonds is 2. The minimum absolute atomic E-state index is 0.0947. The Morgan fingerprint density at radius 3 is 2.50 bits per heavy atom. The van der Waals surface area contributed by atoms with Gasteiger partial charge in [-0.25, -0.2) is 0 Å². The van der Waals surface area contributed by atoms with E-state index in [9.17, 15) is 10.1 Å². The first kappa shape index (κ1) is 15.8. The lowest BCUT2D eigenvalue weighted by Gasteiger charge is -2.35. The van der Waals surface area contributed by atoms with E-state index in [-0.39, 0.29) is 5.91 Å². The van der Waals surface area contributed by atoms with Gasteiger partial charge < -0.3 is 9.64 Å². The summed E-state index contributed by atoms with van der Waals surface area (Å²) in [6.07, 6.45) is 4.67. The molecule has 1 saturated carbocycles. The van der Waals surface area contributed by atoms with Crippen molar-refractivity contribution in [3.8, 4) is 6.07 Å². The standard InChI is InChI=1S/C17H27N3O2/c1-14-11-20(12-15(14)19-7-9-22-10-8-19)16(21)17(13-18)5-3-2-4-6-17/h14-15H,2-12H2,1H3/t14-,15+/m1/s1. The molecule has 5 nitrogen and oxygen atoms in total. The second kappa shape index (κ2) is 6.55. The molecule has 0 aromatic carbocycles. The third kappa shape index (κ3) is 2.87. The maximum atomic E-state index is 13.0. The Morgan fingerprint density at radius 2 is 1.86 bits per heavy atom. The zero-order valence-electron chi connectivity index (χ0n) is 13.6. The van der Waals surface area contributed by atoms with E-state index in [1.165, 1.54) is 0 Å². The number of hydrogen-bond acceptors (Lipinski definition) is 4. The van der Waals surface area contributed by atoms with Crippen molar-refractivity contribution in [3.63, 3.8) is 0 Å². The van der Waals surface area contributed by atoms with Crippen LogP contribution in [0.2, 0.25) is 0 Å². The van der Waals surface area contributed by atoms with Crippen LogP contribution in [0.25, 0.3) is 0 Å². The molecule has 5 heteroatoms. The summed E-state index contributed by atoms with van der Waals surface area (Å²) in [4.78, 5) is 17.4. The summed E-state index contributed by atoms with van der Waals surface area (Å²) < 4.78 is 5.43. The number of nitriles is 1. The number of amides is 1. The molecule has 0 aromatic heterocycles. The summed E-state index contributed by atoms with van der Waals surface area (Å²) in [6, 6.07) is 2.80. The average molecular weight is 305 g/mol. The summed E-state index contributed by atoms with van der Waals surface area (Å²) >= 11 is 0. The second-order valence-electron chi connectivity index (χ2n) is 7.16. The van der Waals surface area contributed by atoms with Gasteiger partial charge in [-0.05, 0) is 18.8 Å². The molecule has 2 saturated heterocycles. The van der Waals surface area contributed by atoms with Crippen LogP contribution in [0.4, 0.5) is 0 Å². The highest BCUT2D eigenvalue weighted by molar-refractivity contribution is 5.86. The van der Waals surface area contributed by atoms with Crippen molar-refractivity contribution in [1.82, 2.24) is 9.80 Å². The van der Waals surface area contributed by atoms with Gasteiger partial charge >= 0.3 is 0 Å². The number of morpholine rings is 1. The van der Waals surface area contributed by atoms with Gasteiger partial charge in [0, 0.05) is 32.2 Å². The average Bonchev–Trinajstić information content (AvgIpc) is 2.97. The highest BCUT2D eigenvalue weighted by atomic mass is 16.5. The molecule has 1 amide bonds. The van der Waals surface area contributed by atoms with E-state index < -0.39 is 5.41 Å². The van der Waals surface area contributed by atoms with Crippen molar-refractivity contribution >= 4 is 5.91 Å². The van der Waals surface area contributed by atoms with Gasteiger partial charge in [0.25, 0.3) is 0 Å². The molecular formula is C17H27N3O2.